The van der Waals surface area contributed by atoms with Gasteiger partial charge in [0.05, 0.1) is 15.6 Å². The average Bonchev–Trinajstić information content (AvgIpc) is 2.83. The number of rotatable bonds is 5. The van der Waals surface area contributed by atoms with Gasteiger partial charge in [-0.25, -0.2) is 4.98 Å². The van der Waals surface area contributed by atoms with Gasteiger partial charge in [-0.05, 0) is 32.9 Å². The third kappa shape index (κ3) is 4.86. The molecule has 0 atom stereocenters. The number of benzene rings is 1. The topological polar surface area (TPSA) is 39.2 Å². The van der Waals surface area contributed by atoms with Crippen molar-refractivity contribution in [3.05, 3.63) is 36.4 Å². The number of fused-ring (bicyclic) bond motifs is 1. The van der Waals surface area contributed by atoms with Crippen LogP contribution in [0.3, 0.4) is 0 Å². The van der Waals surface area contributed by atoms with E-state index >= 15 is 0 Å². The Hall–Kier alpha value is -1.33. The Bertz CT molecular complexity index is 608. The predicted molar refractivity (Wildman–Crippen MR) is 89.9 cm³/mol. The molecule has 0 bridgehead atoms. The molecule has 0 amide bonds. The Balaban J connectivity index is 1.74. The van der Waals surface area contributed by atoms with Crippen molar-refractivity contribution in [2.24, 2.45) is 5.41 Å². The summed E-state index contributed by atoms with van der Waals surface area (Å²) in [5, 5.41) is 0. The summed E-state index contributed by atoms with van der Waals surface area (Å²) in [6.07, 6.45) is 3.89. The number of aromatic nitrogens is 1. The Labute approximate surface area is 133 Å². The fourth-order valence-electron chi connectivity index (χ4n) is 1.51. The van der Waals surface area contributed by atoms with Crippen molar-refractivity contribution in [1.29, 1.82) is 0 Å². The zero-order chi connectivity index (χ0) is 15.3. The summed E-state index contributed by atoms with van der Waals surface area (Å²) < 4.78 is 7.43. The second-order valence-corrected chi connectivity index (χ2v) is 7.88. The fraction of sp³-hybridized carbons (Fsp3) is 0.375. The minimum atomic E-state index is -0.441. The van der Waals surface area contributed by atoms with E-state index < -0.39 is 5.41 Å². The summed E-state index contributed by atoms with van der Waals surface area (Å²) in [6, 6.07) is 8.13. The molecule has 0 aliphatic carbocycles. The quantitative estimate of drug-likeness (QED) is 0.460. The number of hydrogen-bond donors (Lipinski definition) is 0. The van der Waals surface area contributed by atoms with Crippen LogP contribution in [0.25, 0.3) is 10.2 Å². The Morgan fingerprint density at radius 2 is 2.10 bits per heavy atom. The summed E-state index contributed by atoms with van der Waals surface area (Å²) in [6.45, 7) is 5.88. The van der Waals surface area contributed by atoms with Crippen LogP contribution in [0.4, 0.5) is 0 Å². The van der Waals surface area contributed by atoms with Gasteiger partial charge in [-0.2, -0.15) is 0 Å². The van der Waals surface area contributed by atoms with Gasteiger partial charge in [0, 0.05) is 5.75 Å². The van der Waals surface area contributed by atoms with Gasteiger partial charge in [0.15, 0.2) is 4.34 Å². The van der Waals surface area contributed by atoms with Crippen molar-refractivity contribution in [2.75, 3.05) is 12.4 Å². The molecule has 0 unspecified atom stereocenters. The molecule has 0 N–H and O–H groups in total. The number of thiazole rings is 1. The lowest BCUT2D eigenvalue weighted by Crippen LogP contribution is -2.22. The van der Waals surface area contributed by atoms with Crippen molar-refractivity contribution in [2.45, 2.75) is 25.1 Å². The van der Waals surface area contributed by atoms with Crippen molar-refractivity contribution in [3.8, 4) is 0 Å². The van der Waals surface area contributed by atoms with E-state index in [9.17, 15) is 4.79 Å². The molecule has 0 spiro atoms. The van der Waals surface area contributed by atoms with Gasteiger partial charge < -0.3 is 4.74 Å². The number of esters is 1. The second kappa shape index (κ2) is 7.09. The SMILES string of the molecule is CC(C)(C)C(=O)OC/C=C\CSc1nc2ccccc2s1. The van der Waals surface area contributed by atoms with Crippen LogP contribution in [0, 0.1) is 5.41 Å². The van der Waals surface area contributed by atoms with Crippen molar-refractivity contribution in [3.63, 3.8) is 0 Å². The van der Waals surface area contributed by atoms with Gasteiger partial charge in [0.2, 0.25) is 0 Å². The van der Waals surface area contributed by atoms with Crippen LogP contribution in [0.2, 0.25) is 0 Å². The molecule has 0 aliphatic rings. The van der Waals surface area contributed by atoms with Gasteiger partial charge >= 0.3 is 5.97 Å². The summed E-state index contributed by atoms with van der Waals surface area (Å²) in [5.41, 5.74) is 0.608. The minimum absolute atomic E-state index is 0.175. The smallest absolute Gasteiger partial charge is 0.311 e. The van der Waals surface area contributed by atoms with E-state index in [0.717, 1.165) is 15.6 Å². The zero-order valence-electron chi connectivity index (χ0n) is 12.5. The van der Waals surface area contributed by atoms with Gasteiger partial charge in [0.1, 0.15) is 6.61 Å². The van der Waals surface area contributed by atoms with E-state index in [4.69, 9.17) is 4.74 Å². The largest absolute Gasteiger partial charge is 0.461 e. The molecular formula is C16H19NO2S2. The highest BCUT2D eigenvalue weighted by Gasteiger charge is 2.22. The average molecular weight is 321 g/mol. The number of hydrogen-bond acceptors (Lipinski definition) is 5. The minimum Gasteiger partial charge on any atom is -0.461 e. The van der Waals surface area contributed by atoms with Crippen LogP contribution in [0.5, 0.6) is 0 Å². The fourth-order valence-corrected chi connectivity index (χ4v) is 3.45. The van der Waals surface area contributed by atoms with Gasteiger partial charge in [0.25, 0.3) is 0 Å². The lowest BCUT2D eigenvalue weighted by Gasteiger charge is -2.15. The maximum atomic E-state index is 11.5. The van der Waals surface area contributed by atoms with Gasteiger partial charge in [-0.3, -0.25) is 4.79 Å². The van der Waals surface area contributed by atoms with E-state index in [2.05, 4.69) is 11.1 Å². The molecule has 0 radical (unpaired) electrons. The van der Waals surface area contributed by atoms with Crippen molar-refractivity contribution < 1.29 is 9.53 Å². The zero-order valence-corrected chi connectivity index (χ0v) is 14.1. The lowest BCUT2D eigenvalue weighted by atomic mass is 9.97. The van der Waals surface area contributed by atoms with Crippen molar-refractivity contribution in [1.82, 2.24) is 4.98 Å². The molecule has 1 aromatic heterocycles. The van der Waals surface area contributed by atoms with Gasteiger partial charge in [-0.15, -0.1) is 11.3 Å². The molecule has 0 saturated heterocycles. The third-order valence-corrected chi connectivity index (χ3v) is 4.80. The Kier molecular flexibility index (Phi) is 5.42. The van der Waals surface area contributed by atoms with Gasteiger partial charge in [-0.1, -0.05) is 36.0 Å². The standard InChI is InChI=1S/C16H19NO2S2/c1-16(2,3)14(18)19-10-6-7-11-20-15-17-12-8-4-5-9-13(12)21-15/h4-9H,10-11H2,1-3H3/b7-6-. The number of carbonyl (C=O) groups excluding carboxylic acids is 1. The first kappa shape index (κ1) is 16.0. The molecule has 112 valence electrons. The molecule has 0 saturated carbocycles. The number of nitrogens with zero attached hydrogens (tertiary/aromatic N) is 1. The van der Waals surface area contributed by atoms with E-state index in [1.165, 1.54) is 4.70 Å². The van der Waals surface area contributed by atoms with Crippen LogP contribution in [-0.2, 0) is 9.53 Å². The van der Waals surface area contributed by atoms with E-state index in [1.54, 1.807) is 23.1 Å². The molecule has 21 heavy (non-hydrogen) atoms. The van der Waals surface area contributed by atoms with E-state index in [0.29, 0.717) is 6.61 Å². The maximum Gasteiger partial charge on any atom is 0.311 e. The summed E-state index contributed by atoms with van der Waals surface area (Å²) in [7, 11) is 0. The molecule has 3 nitrogen and oxygen atoms in total. The third-order valence-electron chi connectivity index (χ3n) is 2.67. The van der Waals surface area contributed by atoms with E-state index in [-0.39, 0.29) is 5.97 Å². The second-order valence-electron chi connectivity index (χ2n) is 5.58. The summed E-state index contributed by atoms with van der Waals surface area (Å²) >= 11 is 3.39. The molecule has 0 aliphatic heterocycles. The lowest BCUT2D eigenvalue weighted by molar-refractivity contribution is -0.151. The molecule has 5 heteroatoms. The Morgan fingerprint density at radius 1 is 1.33 bits per heavy atom. The normalized spacial score (nSPS) is 12.1. The number of ether oxygens (including phenoxy) is 1. The number of thioether (sulfide) groups is 1. The molecule has 2 rings (SSSR count). The number of para-hydroxylation sites is 1. The molecular weight excluding hydrogens is 302 g/mol. The first-order valence-corrected chi connectivity index (χ1v) is 8.57. The highest BCUT2D eigenvalue weighted by atomic mass is 32.2. The maximum absolute atomic E-state index is 11.5. The molecule has 0 fully saturated rings. The highest BCUT2D eigenvalue weighted by molar-refractivity contribution is 8.01. The van der Waals surface area contributed by atoms with Crippen LogP contribution in [0.1, 0.15) is 20.8 Å². The molecule has 1 heterocycles. The monoisotopic (exact) mass is 321 g/mol. The van der Waals surface area contributed by atoms with Crippen molar-refractivity contribution >= 4 is 39.3 Å². The molecule has 2 aromatic rings. The van der Waals surface area contributed by atoms with Crippen LogP contribution >= 0.6 is 23.1 Å². The first-order chi connectivity index (χ1) is 9.97. The molecule has 1 aromatic carbocycles. The highest BCUT2D eigenvalue weighted by Crippen LogP contribution is 2.29. The van der Waals surface area contributed by atoms with Crippen LogP contribution in [0.15, 0.2) is 40.8 Å². The first-order valence-electron chi connectivity index (χ1n) is 6.77. The van der Waals surface area contributed by atoms with E-state index in [1.807, 2.05) is 51.1 Å². The van der Waals surface area contributed by atoms with Crippen LogP contribution < -0.4 is 0 Å². The summed E-state index contributed by atoms with van der Waals surface area (Å²) in [5.74, 6) is 0.651. The van der Waals surface area contributed by atoms with Crippen LogP contribution in [-0.4, -0.2) is 23.3 Å². The number of carbonyl (C=O) groups is 1. The summed E-state index contributed by atoms with van der Waals surface area (Å²) in [4.78, 5) is 16.1. The Morgan fingerprint density at radius 3 is 2.81 bits per heavy atom. The predicted octanol–water partition coefficient (Wildman–Crippen LogP) is 4.53.